The minimum Gasteiger partial charge on any atom is -0.336 e. The third-order valence-electron chi connectivity index (χ3n) is 6.47. The summed E-state index contributed by atoms with van der Waals surface area (Å²) in [7, 11) is -1.97. The number of fused-ring (bicyclic) bond motifs is 1. The molecule has 0 saturated carbocycles. The van der Waals surface area contributed by atoms with Gasteiger partial charge < -0.3 is 4.90 Å². The number of carbonyl (C=O) groups is 1. The summed E-state index contributed by atoms with van der Waals surface area (Å²) in [5.41, 5.74) is 3.86. The normalized spacial score (nSPS) is 15.1. The van der Waals surface area contributed by atoms with Crippen LogP contribution in [0.5, 0.6) is 0 Å². The molecule has 1 aliphatic rings. The molecule has 1 fully saturated rings. The van der Waals surface area contributed by atoms with Crippen LogP contribution in [-0.4, -0.2) is 74.3 Å². The highest BCUT2D eigenvalue weighted by Crippen LogP contribution is 2.28. The van der Waals surface area contributed by atoms with E-state index >= 15 is 0 Å². The van der Waals surface area contributed by atoms with E-state index in [-0.39, 0.29) is 23.9 Å². The highest BCUT2D eigenvalue weighted by molar-refractivity contribution is 7.89. The first kappa shape index (κ1) is 23.2. The Morgan fingerprint density at radius 3 is 2.46 bits per heavy atom. The molecule has 0 unspecified atom stereocenters. The van der Waals surface area contributed by atoms with Crippen LogP contribution in [0.1, 0.15) is 23.0 Å². The Hall–Kier alpha value is -3.57. The van der Waals surface area contributed by atoms with Crippen LogP contribution in [0.3, 0.4) is 0 Å². The van der Waals surface area contributed by atoms with Gasteiger partial charge in [-0.05, 0) is 26.0 Å². The molecule has 0 atom stereocenters. The molecular formula is C24H27N7O3S. The number of hydrogen-bond acceptors (Lipinski definition) is 6. The van der Waals surface area contributed by atoms with Gasteiger partial charge in [0.1, 0.15) is 4.90 Å². The summed E-state index contributed by atoms with van der Waals surface area (Å²) in [6, 6.07) is 9.41. The van der Waals surface area contributed by atoms with Gasteiger partial charge in [0.2, 0.25) is 10.0 Å². The van der Waals surface area contributed by atoms with Crippen LogP contribution in [-0.2, 0) is 23.6 Å². The molecule has 0 spiro atoms. The first-order chi connectivity index (χ1) is 16.8. The average molecular weight is 494 g/mol. The van der Waals surface area contributed by atoms with E-state index in [0.717, 1.165) is 28.7 Å². The van der Waals surface area contributed by atoms with Gasteiger partial charge in [-0.1, -0.05) is 18.2 Å². The fourth-order valence-corrected chi connectivity index (χ4v) is 5.90. The molecule has 1 saturated heterocycles. The largest absolute Gasteiger partial charge is 0.336 e. The Morgan fingerprint density at radius 2 is 1.80 bits per heavy atom. The summed E-state index contributed by atoms with van der Waals surface area (Å²) >= 11 is 0. The fourth-order valence-electron chi connectivity index (χ4n) is 4.49. The van der Waals surface area contributed by atoms with Crippen molar-refractivity contribution in [2.75, 3.05) is 26.2 Å². The molecule has 1 aromatic carbocycles. The van der Waals surface area contributed by atoms with Crippen molar-refractivity contribution in [3.63, 3.8) is 0 Å². The van der Waals surface area contributed by atoms with Crippen molar-refractivity contribution in [3.8, 4) is 11.3 Å². The Kier molecular flexibility index (Phi) is 5.89. The number of pyridine rings is 1. The highest BCUT2D eigenvalue weighted by atomic mass is 32.2. The van der Waals surface area contributed by atoms with E-state index in [1.807, 2.05) is 48.9 Å². The van der Waals surface area contributed by atoms with Crippen molar-refractivity contribution >= 4 is 26.8 Å². The number of carbonyl (C=O) groups excluding carboxylic acids is 1. The first-order valence-electron chi connectivity index (χ1n) is 11.5. The van der Waals surface area contributed by atoms with Crippen LogP contribution in [0.4, 0.5) is 0 Å². The van der Waals surface area contributed by atoms with Crippen LogP contribution in [0.2, 0.25) is 0 Å². The van der Waals surface area contributed by atoms with Crippen molar-refractivity contribution in [3.05, 3.63) is 60.2 Å². The van der Waals surface area contributed by atoms with Crippen LogP contribution in [0.25, 0.3) is 22.2 Å². The topological polar surface area (TPSA) is 106 Å². The Bertz CT molecular complexity index is 1520. The molecule has 3 aromatic heterocycles. The van der Waals surface area contributed by atoms with Gasteiger partial charge in [-0.2, -0.15) is 14.5 Å². The van der Waals surface area contributed by atoms with Crippen molar-refractivity contribution in [1.29, 1.82) is 0 Å². The van der Waals surface area contributed by atoms with Gasteiger partial charge in [-0.3, -0.25) is 14.2 Å². The third kappa shape index (κ3) is 4.10. The molecule has 182 valence electrons. The van der Waals surface area contributed by atoms with E-state index in [1.54, 1.807) is 18.1 Å². The minimum atomic E-state index is -3.64. The van der Waals surface area contributed by atoms with Gasteiger partial charge in [-0.25, -0.2) is 13.4 Å². The third-order valence-corrected chi connectivity index (χ3v) is 8.32. The zero-order valence-corrected chi connectivity index (χ0v) is 20.7. The number of benzene rings is 1. The monoisotopic (exact) mass is 493 g/mol. The van der Waals surface area contributed by atoms with E-state index in [0.29, 0.717) is 24.3 Å². The van der Waals surface area contributed by atoms with Crippen molar-refractivity contribution in [1.82, 2.24) is 33.8 Å². The number of aromatic nitrogens is 5. The maximum absolute atomic E-state index is 13.7. The molecule has 5 rings (SSSR count). The molecule has 10 nitrogen and oxygen atoms in total. The van der Waals surface area contributed by atoms with Crippen LogP contribution >= 0.6 is 0 Å². The van der Waals surface area contributed by atoms with Gasteiger partial charge in [0.05, 0.1) is 29.2 Å². The zero-order valence-electron chi connectivity index (χ0n) is 19.9. The van der Waals surface area contributed by atoms with Gasteiger partial charge in [-0.15, -0.1) is 0 Å². The summed E-state index contributed by atoms with van der Waals surface area (Å²) < 4.78 is 30.6. The smallest absolute Gasteiger partial charge is 0.254 e. The van der Waals surface area contributed by atoms with E-state index in [4.69, 9.17) is 4.98 Å². The van der Waals surface area contributed by atoms with E-state index in [9.17, 15) is 13.2 Å². The maximum atomic E-state index is 13.7. The molecule has 0 bridgehead atoms. The van der Waals surface area contributed by atoms with Crippen molar-refractivity contribution in [2.45, 2.75) is 25.3 Å². The fraction of sp³-hybridized carbons (Fsp3) is 0.333. The lowest BCUT2D eigenvalue weighted by Crippen LogP contribution is -2.50. The van der Waals surface area contributed by atoms with E-state index in [2.05, 4.69) is 10.2 Å². The number of piperazine rings is 1. The Morgan fingerprint density at radius 1 is 1.06 bits per heavy atom. The minimum absolute atomic E-state index is 0.135. The number of aryl methyl sites for hydroxylation is 2. The molecule has 0 radical (unpaired) electrons. The second kappa shape index (κ2) is 8.90. The number of para-hydroxylation sites is 1. The van der Waals surface area contributed by atoms with Crippen LogP contribution in [0.15, 0.2) is 53.8 Å². The zero-order chi connectivity index (χ0) is 24.7. The molecule has 0 N–H and O–H groups in total. The lowest BCUT2D eigenvalue weighted by molar-refractivity contribution is 0.0700. The summed E-state index contributed by atoms with van der Waals surface area (Å²) in [5, 5.41) is 9.17. The number of amides is 1. The summed E-state index contributed by atoms with van der Waals surface area (Å²) in [5.74, 6) is -0.135. The molecule has 1 aliphatic heterocycles. The predicted molar refractivity (Wildman–Crippen MR) is 131 cm³/mol. The van der Waals surface area contributed by atoms with Gasteiger partial charge in [0.25, 0.3) is 5.91 Å². The number of nitrogens with zero attached hydrogens (tertiary/aromatic N) is 7. The molecule has 4 heterocycles. The molecule has 4 aromatic rings. The molecule has 1 amide bonds. The van der Waals surface area contributed by atoms with Gasteiger partial charge in [0.15, 0.2) is 0 Å². The Labute approximate surface area is 203 Å². The van der Waals surface area contributed by atoms with Crippen molar-refractivity contribution in [2.24, 2.45) is 7.05 Å². The van der Waals surface area contributed by atoms with Crippen LogP contribution in [0, 0.1) is 6.92 Å². The Balaban J connectivity index is 1.44. The molecule has 11 heteroatoms. The molecular weight excluding hydrogens is 466 g/mol. The van der Waals surface area contributed by atoms with E-state index in [1.165, 1.54) is 21.4 Å². The number of hydrogen-bond donors (Lipinski definition) is 0. The SMILES string of the molecule is CCn1ncc(-c2cc(C(=O)N3CCN(S(=O)(=O)c4cnn(C)c4)CC3)c3ccccc3n2)c1C. The van der Waals surface area contributed by atoms with Crippen molar-refractivity contribution < 1.29 is 13.2 Å². The molecule has 0 aliphatic carbocycles. The molecule has 35 heavy (non-hydrogen) atoms. The van der Waals surface area contributed by atoms with E-state index < -0.39 is 10.0 Å². The van der Waals surface area contributed by atoms with Crippen LogP contribution < -0.4 is 0 Å². The van der Waals surface area contributed by atoms with Gasteiger partial charge >= 0.3 is 0 Å². The van der Waals surface area contributed by atoms with Gasteiger partial charge in [0, 0.05) is 62.6 Å². The lowest BCUT2D eigenvalue weighted by Gasteiger charge is -2.34. The lowest BCUT2D eigenvalue weighted by atomic mass is 10.0. The predicted octanol–water partition coefficient (Wildman–Crippen LogP) is 2.31. The standard InChI is InChI=1S/C24H27N7O3S/c1-4-31-17(2)21(15-26-31)23-13-20(19-7-5-6-8-22(19)27-23)24(32)29-9-11-30(12-10-29)35(33,34)18-14-25-28(3)16-18/h5-8,13-16H,4,9-12H2,1-3H3. The number of rotatable bonds is 5. The number of sulfonamides is 1. The first-order valence-corrected chi connectivity index (χ1v) is 12.9. The average Bonchev–Trinajstić information content (AvgIpc) is 3.48. The second-order valence-corrected chi connectivity index (χ2v) is 10.5. The summed E-state index contributed by atoms with van der Waals surface area (Å²) in [6.07, 6.45) is 4.62. The highest BCUT2D eigenvalue weighted by Gasteiger charge is 2.32. The maximum Gasteiger partial charge on any atom is 0.254 e. The summed E-state index contributed by atoms with van der Waals surface area (Å²) in [4.78, 5) is 20.3. The second-order valence-electron chi connectivity index (χ2n) is 8.58. The summed E-state index contributed by atoms with van der Waals surface area (Å²) in [6.45, 7) is 5.82. The quantitative estimate of drug-likeness (QED) is 0.422.